The predicted octanol–water partition coefficient (Wildman–Crippen LogP) is 7.56. The quantitative estimate of drug-likeness (QED) is 0.114. The first-order valence-electron chi connectivity index (χ1n) is 22.7. The van der Waals surface area contributed by atoms with Crippen LogP contribution < -0.4 is 10.6 Å². The second-order valence-electron chi connectivity index (χ2n) is 18.6. The number of imidazole rings is 2. The number of carbonyl (C=O) groups excluding carboxylic acids is 3. The van der Waals surface area contributed by atoms with Gasteiger partial charge in [0.05, 0.1) is 31.1 Å². The molecule has 3 saturated heterocycles. The first-order chi connectivity index (χ1) is 29.7. The first kappa shape index (κ1) is 41.3. The fourth-order valence-corrected chi connectivity index (χ4v) is 11.2. The Morgan fingerprint density at radius 2 is 1.38 bits per heavy atom. The minimum Gasteiger partial charge on any atom is -0.453 e. The van der Waals surface area contributed by atoms with E-state index in [0.717, 1.165) is 125 Å². The highest BCUT2D eigenvalue weighted by Gasteiger charge is 2.51. The van der Waals surface area contributed by atoms with Gasteiger partial charge in [-0.3, -0.25) is 14.9 Å². The van der Waals surface area contributed by atoms with Gasteiger partial charge in [0.1, 0.15) is 23.7 Å². The normalized spacial score (nSPS) is 26.4. The third-order valence-electron chi connectivity index (χ3n) is 14.9. The molecular formula is C48H62N8O5. The molecule has 5 heterocycles. The fourth-order valence-electron chi connectivity index (χ4n) is 11.2. The van der Waals surface area contributed by atoms with Crippen molar-refractivity contribution in [2.45, 2.75) is 132 Å². The second-order valence-corrected chi connectivity index (χ2v) is 18.6. The van der Waals surface area contributed by atoms with Crippen molar-refractivity contribution < 1.29 is 23.9 Å². The zero-order chi connectivity index (χ0) is 42.1. The van der Waals surface area contributed by atoms with Crippen molar-refractivity contribution in [2.75, 3.05) is 33.4 Å². The standard InChI is InChI=1S/C48H62N8O5/c1-31(2)40(54-46(59)60-3)44(57)55-25-7-11-37(55)42-49-29-36(52-42)32-13-15-34(16-14-32)47-19-22-48(23-20-47,24-21-47)39-30-50-43(53-39)38-12-8-26-56(38)45(58)41(33-9-5-4-6-10-33)51-35-17-27-61-28-18-35/h4-6,9-10,13-16,29-31,35,37-38,40-41,51H,7-8,11-12,17-28H2,1-3H3,(H,49,52)(H,50,53)(H,54,59)/t37-,38-,40-,41+,47?,48?/m0/s1. The summed E-state index contributed by atoms with van der Waals surface area (Å²) >= 11 is 0. The van der Waals surface area contributed by atoms with Gasteiger partial charge in [0, 0.05) is 49.7 Å². The molecule has 3 aliphatic heterocycles. The van der Waals surface area contributed by atoms with E-state index in [9.17, 15) is 14.4 Å². The fraction of sp³-hybridized carbons (Fsp3) is 0.562. The highest BCUT2D eigenvalue weighted by Crippen LogP contribution is 2.58. The summed E-state index contributed by atoms with van der Waals surface area (Å²) in [6, 6.07) is 18.2. The number of hydrogen-bond acceptors (Lipinski definition) is 8. The number of rotatable bonds is 12. The van der Waals surface area contributed by atoms with Crippen molar-refractivity contribution in [1.82, 2.24) is 40.4 Å². The van der Waals surface area contributed by atoms with Crippen LogP contribution in [0.25, 0.3) is 11.3 Å². The maximum Gasteiger partial charge on any atom is 0.407 e. The lowest BCUT2D eigenvalue weighted by Gasteiger charge is -2.53. The summed E-state index contributed by atoms with van der Waals surface area (Å²) in [6.07, 6.45) is 15.5. The Labute approximate surface area is 359 Å². The van der Waals surface area contributed by atoms with E-state index in [4.69, 9.17) is 19.4 Å². The number of hydrogen-bond donors (Lipinski definition) is 4. The van der Waals surface area contributed by atoms with Crippen LogP contribution in [-0.2, 0) is 29.9 Å². The smallest absolute Gasteiger partial charge is 0.407 e. The van der Waals surface area contributed by atoms with E-state index in [-0.39, 0.29) is 46.7 Å². The summed E-state index contributed by atoms with van der Waals surface area (Å²) in [5.74, 6) is 1.63. The largest absolute Gasteiger partial charge is 0.453 e. The van der Waals surface area contributed by atoms with Crippen molar-refractivity contribution in [2.24, 2.45) is 5.92 Å². The van der Waals surface area contributed by atoms with Crippen molar-refractivity contribution >= 4 is 17.9 Å². The third kappa shape index (κ3) is 8.11. The molecule has 2 bridgehead atoms. The lowest BCUT2D eigenvalue weighted by Crippen LogP contribution is -2.51. The van der Waals surface area contributed by atoms with Crippen LogP contribution >= 0.6 is 0 Å². The molecular weight excluding hydrogens is 769 g/mol. The molecule has 3 saturated carbocycles. The number of aromatic nitrogens is 4. The summed E-state index contributed by atoms with van der Waals surface area (Å²) in [7, 11) is 1.31. The van der Waals surface area contributed by atoms with E-state index in [2.05, 4.69) is 68.1 Å². The summed E-state index contributed by atoms with van der Waals surface area (Å²) in [4.78, 5) is 61.1. The minimum atomic E-state index is -0.667. The zero-order valence-corrected chi connectivity index (χ0v) is 36.0. The average molecular weight is 831 g/mol. The topological polar surface area (TPSA) is 158 Å². The summed E-state index contributed by atoms with van der Waals surface area (Å²) in [5.41, 5.74) is 5.91. The Bertz CT molecular complexity index is 2140. The van der Waals surface area contributed by atoms with E-state index in [1.54, 1.807) is 0 Å². The molecule has 3 aliphatic carbocycles. The number of aromatic amines is 2. The number of alkyl carbamates (subject to hydrolysis) is 1. The monoisotopic (exact) mass is 830 g/mol. The van der Waals surface area contributed by atoms with E-state index >= 15 is 0 Å². The first-order valence-corrected chi connectivity index (χ1v) is 22.7. The van der Waals surface area contributed by atoms with Crippen LogP contribution in [0.1, 0.15) is 137 Å². The van der Waals surface area contributed by atoms with Gasteiger partial charge in [-0.2, -0.15) is 0 Å². The van der Waals surface area contributed by atoms with Gasteiger partial charge in [0.25, 0.3) is 0 Å². The number of methoxy groups -OCH3 is 1. The molecule has 4 aromatic rings. The number of carbonyl (C=O) groups is 3. The van der Waals surface area contributed by atoms with Crippen LogP contribution in [0.5, 0.6) is 0 Å². The van der Waals surface area contributed by atoms with Gasteiger partial charge in [-0.15, -0.1) is 0 Å². The number of fused-ring (bicyclic) bond motifs is 3. The molecule has 0 spiro atoms. The molecule has 4 atom stereocenters. The van der Waals surface area contributed by atoms with Crippen molar-refractivity contribution in [1.29, 1.82) is 0 Å². The molecule has 6 fully saturated rings. The summed E-state index contributed by atoms with van der Waals surface area (Å²) < 4.78 is 10.4. The molecule has 13 heteroatoms. The molecule has 61 heavy (non-hydrogen) atoms. The number of likely N-dealkylation sites (tertiary alicyclic amines) is 2. The Morgan fingerprint density at radius 1 is 0.770 bits per heavy atom. The molecule has 13 nitrogen and oxygen atoms in total. The number of nitrogens with zero attached hydrogens (tertiary/aromatic N) is 4. The Morgan fingerprint density at radius 3 is 2.02 bits per heavy atom. The van der Waals surface area contributed by atoms with E-state index in [0.29, 0.717) is 6.54 Å². The van der Waals surface area contributed by atoms with Gasteiger partial charge in [-0.25, -0.2) is 14.8 Å². The second kappa shape index (κ2) is 17.4. The number of benzene rings is 2. The molecule has 3 amide bonds. The Kier molecular flexibility index (Phi) is 11.8. The van der Waals surface area contributed by atoms with Crippen LogP contribution in [0.15, 0.2) is 67.0 Å². The van der Waals surface area contributed by atoms with Crippen LogP contribution in [0, 0.1) is 5.92 Å². The van der Waals surface area contributed by atoms with Gasteiger partial charge in [-0.05, 0) is 105 Å². The molecule has 324 valence electrons. The van der Waals surface area contributed by atoms with Crippen LogP contribution in [0.4, 0.5) is 4.79 Å². The van der Waals surface area contributed by atoms with Gasteiger partial charge in [0.15, 0.2) is 0 Å². The van der Waals surface area contributed by atoms with Gasteiger partial charge in [-0.1, -0.05) is 68.4 Å². The maximum atomic E-state index is 14.4. The van der Waals surface area contributed by atoms with Crippen molar-refractivity contribution in [3.05, 3.63) is 95.5 Å². The van der Waals surface area contributed by atoms with Gasteiger partial charge < -0.3 is 34.6 Å². The molecule has 0 radical (unpaired) electrons. The number of ether oxygens (including phenoxy) is 2. The highest BCUT2D eigenvalue weighted by atomic mass is 16.5. The third-order valence-corrected chi connectivity index (χ3v) is 14.9. The predicted molar refractivity (Wildman–Crippen MR) is 231 cm³/mol. The van der Waals surface area contributed by atoms with Crippen LogP contribution in [0.3, 0.4) is 0 Å². The lowest BCUT2D eigenvalue weighted by molar-refractivity contribution is -0.136. The van der Waals surface area contributed by atoms with Crippen LogP contribution in [-0.4, -0.2) is 93.1 Å². The SMILES string of the molecule is COC(=O)N[C@H](C(=O)N1CCC[C@H]1c1ncc(-c2ccc(C34CCC(c5cnc([C@@H]6CCCN6C(=O)[C@H](NC6CCOCC6)c6ccccc6)[nH]5)(CC3)CC4)cc2)[nH]1)C(C)C. The maximum absolute atomic E-state index is 14.4. The molecule has 2 aromatic heterocycles. The molecule has 0 unspecified atom stereocenters. The summed E-state index contributed by atoms with van der Waals surface area (Å²) in [6.45, 7) is 6.66. The zero-order valence-electron chi connectivity index (χ0n) is 36.0. The van der Waals surface area contributed by atoms with Gasteiger partial charge in [0.2, 0.25) is 11.8 Å². The Hall–Kier alpha value is -5.01. The number of H-pyrrole nitrogens is 2. The summed E-state index contributed by atoms with van der Waals surface area (Å²) in [5, 5.41) is 6.45. The molecule has 4 N–H and O–H groups in total. The van der Waals surface area contributed by atoms with E-state index in [1.165, 1.54) is 18.4 Å². The molecule has 2 aromatic carbocycles. The van der Waals surface area contributed by atoms with Gasteiger partial charge >= 0.3 is 6.09 Å². The molecule has 10 rings (SSSR count). The lowest BCUT2D eigenvalue weighted by atomic mass is 9.51. The van der Waals surface area contributed by atoms with Crippen molar-refractivity contribution in [3.8, 4) is 11.3 Å². The number of nitrogens with one attached hydrogen (secondary N) is 4. The average Bonchev–Trinajstić information content (AvgIpc) is 4.16. The highest BCUT2D eigenvalue weighted by molar-refractivity contribution is 5.86. The Balaban J connectivity index is 0.845. The van der Waals surface area contributed by atoms with E-state index in [1.807, 2.05) is 43.1 Å². The number of amides is 3. The van der Waals surface area contributed by atoms with E-state index < -0.39 is 18.2 Å². The van der Waals surface area contributed by atoms with Crippen molar-refractivity contribution in [3.63, 3.8) is 0 Å². The van der Waals surface area contributed by atoms with Crippen LogP contribution in [0.2, 0.25) is 0 Å². The minimum absolute atomic E-state index is 0.0525. The molecule has 6 aliphatic rings.